The van der Waals surface area contributed by atoms with Crippen molar-refractivity contribution in [3.63, 3.8) is 0 Å². The normalized spacial score (nSPS) is 19.5. The van der Waals surface area contributed by atoms with Crippen LogP contribution < -0.4 is 10.6 Å². The smallest absolute Gasteiger partial charge is 0.303 e. The summed E-state index contributed by atoms with van der Waals surface area (Å²) in [4.78, 5) is 34.4. The third-order valence-corrected chi connectivity index (χ3v) is 4.67. The average Bonchev–Trinajstić information content (AvgIpc) is 2.94. The van der Waals surface area contributed by atoms with Crippen LogP contribution >= 0.6 is 0 Å². The Morgan fingerprint density at radius 1 is 1.32 bits per heavy atom. The van der Waals surface area contributed by atoms with E-state index in [4.69, 9.17) is 5.11 Å². The molecule has 0 radical (unpaired) electrons. The molecule has 0 saturated carbocycles. The second kappa shape index (κ2) is 8.09. The predicted molar refractivity (Wildman–Crippen MR) is 89.2 cm³/mol. The summed E-state index contributed by atoms with van der Waals surface area (Å²) in [6.45, 7) is 2.08. The Hall–Kier alpha value is -2.44. The van der Waals surface area contributed by atoms with Gasteiger partial charge in [0, 0.05) is 31.3 Å². The molecule has 136 valence electrons. The molecule has 0 aliphatic carbocycles. The first-order chi connectivity index (χ1) is 11.8. The molecule has 1 saturated heterocycles. The number of carboxylic acids is 1. The zero-order valence-corrected chi connectivity index (χ0v) is 14.2. The van der Waals surface area contributed by atoms with Gasteiger partial charge in [-0.2, -0.15) is 0 Å². The average molecular weight is 350 g/mol. The lowest BCUT2D eigenvalue weighted by Crippen LogP contribution is -2.43. The fourth-order valence-corrected chi connectivity index (χ4v) is 3.09. The lowest BCUT2D eigenvalue weighted by Gasteiger charge is -2.28. The number of halogens is 1. The van der Waals surface area contributed by atoms with Gasteiger partial charge in [0.15, 0.2) is 0 Å². The summed E-state index contributed by atoms with van der Waals surface area (Å²) in [6.07, 6.45) is 1.71. The van der Waals surface area contributed by atoms with E-state index >= 15 is 0 Å². The van der Waals surface area contributed by atoms with Crippen LogP contribution in [0.2, 0.25) is 0 Å². The van der Waals surface area contributed by atoms with Crippen LogP contribution in [0, 0.1) is 12.7 Å². The molecule has 0 bridgehead atoms. The number of aliphatic carboxylic acids is 1. The van der Waals surface area contributed by atoms with Crippen molar-refractivity contribution in [2.45, 2.75) is 57.5 Å². The van der Waals surface area contributed by atoms with Gasteiger partial charge in [0.05, 0.1) is 0 Å². The van der Waals surface area contributed by atoms with E-state index < -0.39 is 11.5 Å². The highest BCUT2D eigenvalue weighted by Gasteiger charge is 2.37. The van der Waals surface area contributed by atoms with Gasteiger partial charge in [-0.25, -0.2) is 4.39 Å². The summed E-state index contributed by atoms with van der Waals surface area (Å²) < 4.78 is 13.3. The highest BCUT2D eigenvalue weighted by Crippen LogP contribution is 2.30. The number of hydrogen-bond acceptors (Lipinski definition) is 3. The number of carbonyl (C=O) groups is 3. The molecule has 1 fully saturated rings. The van der Waals surface area contributed by atoms with Gasteiger partial charge in [0.1, 0.15) is 5.82 Å². The van der Waals surface area contributed by atoms with Gasteiger partial charge in [-0.05, 0) is 49.4 Å². The van der Waals surface area contributed by atoms with Crippen LogP contribution in [-0.2, 0) is 20.9 Å². The van der Waals surface area contributed by atoms with Gasteiger partial charge >= 0.3 is 5.97 Å². The number of aryl methyl sites for hydroxylation is 1. The Balaban J connectivity index is 1.87. The standard InChI is InChI=1S/C18H23FN2O4/c1-12-2-3-14(19)10-13(12)11-20-15(22)4-7-18(9-6-17(24)25)8-5-16(23)21-18/h2-3,10H,4-9,11H2,1H3,(H,20,22)(H,21,23)(H,24,25). The fraction of sp³-hybridized carbons (Fsp3) is 0.500. The topological polar surface area (TPSA) is 95.5 Å². The van der Waals surface area contributed by atoms with Crippen molar-refractivity contribution in [2.75, 3.05) is 0 Å². The Morgan fingerprint density at radius 2 is 2.04 bits per heavy atom. The lowest BCUT2D eigenvalue weighted by molar-refractivity contribution is -0.137. The molecule has 1 aliphatic rings. The van der Waals surface area contributed by atoms with Gasteiger partial charge in [0.2, 0.25) is 11.8 Å². The maximum absolute atomic E-state index is 13.3. The van der Waals surface area contributed by atoms with Crippen LogP contribution in [0.1, 0.15) is 49.7 Å². The van der Waals surface area contributed by atoms with Crippen molar-refractivity contribution >= 4 is 17.8 Å². The van der Waals surface area contributed by atoms with Crippen LogP contribution in [-0.4, -0.2) is 28.4 Å². The molecule has 7 heteroatoms. The maximum Gasteiger partial charge on any atom is 0.303 e. The molecule has 2 rings (SSSR count). The van der Waals surface area contributed by atoms with Crippen molar-refractivity contribution < 1.29 is 23.9 Å². The monoisotopic (exact) mass is 350 g/mol. The fourth-order valence-electron chi connectivity index (χ4n) is 3.09. The Kier molecular flexibility index (Phi) is 6.12. The van der Waals surface area contributed by atoms with Crippen LogP contribution in [0.15, 0.2) is 18.2 Å². The first kappa shape index (κ1) is 18.9. The van der Waals surface area contributed by atoms with E-state index in [1.807, 2.05) is 6.92 Å². The summed E-state index contributed by atoms with van der Waals surface area (Å²) in [5.41, 5.74) is 0.979. The van der Waals surface area contributed by atoms with Crippen molar-refractivity contribution in [1.82, 2.24) is 10.6 Å². The zero-order valence-electron chi connectivity index (χ0n) is 14.2. The predicted octanol–water partition coefficient (Wildman–Crippen LogP) is 2.04. The molecule has 1 unspecified atom stereocenters. The van der Waals surface area contributed by atoms with Crippen molar-refractivity contribution in [2.24, 2.45) is 0 Å². The van der Waals surface area contributed by atoms with E-state index in [1.54, 1.807) is 6.07 Å². The summed E-state index contributed by atoms with van der Waals surface area (Å²) in [5.74, 6) is -1.59. The van der Waals surface area contributed by atoms with Gasteiger partial charge in [-0.15, -0.1) is 0 Å². The van der Waals surface area contributed by atoms with E-state index in [2.05, 4.69) is 10.6 Å². The Labute approximate surface area is 145 Å². The molecular formula is C18H23FN2O4. The second-order valence-electron chi connectivity index (χ2n) is 6.57. The molecular weight excluding hydrogens is 327 g/mol. The number of benzene rings is 1. The van der Waals surface area contributed by atoms with Gasteiger partial charge in [-0.1, -0.05) is 6.07 Å². The van der Waals surface area contributed by atoms with Crippen LogP contribution in [0.5, 0.6) is 0 Å². The Morgan fingerprint density at radius 3 is 2.68 bits per heavy atom. The van der Waals surface area contributed by atoms with Crippen molar-refractivity contribution in [1.29, 1.82) is 0 Å². The summed E-state index contributed by atoms with van der Waals surface area (Å²) in [7, 11) is 0. The number of amides is 2. The van der Waals surface area contributed by atoms with E-state index in [0.29, 0.717) is 31.2 Å². The van der Waals surface area contributed by atoms with E-state index in [0.717, 1.165) is 5.56 Å². The van der Waals surface area contributed by atoms with Crippen LogP contribution in [0.4, 0.5) is 4.39 Å². The van der Waals surface area contributed by atoms with E-state index in [-0.39, 0.29) is 37.0 Å². The Bertz CT molecular complexity index is 677. The molecule has 25 heavy (non-hydrogen) atoms. The summed E-state index contributed by atoms with van der Waals surface area (Å²) >= 11 is 0. The van der Waals surface area contributed by atoms with Gasteiger partial charge in [0.25, 0.3) is 0 Å². The van der Waals surface area contributed by atoms with Gasteiger partial charge < -0.3 is 15.7 Å². The molecule has 0 aromatic heterocycles. The van der Waals surface area contributed by atoms with E-state index in [1.165, 1.54) is 12.1 Å². The molecule has 1 atom stereocenters. The van der Waals surface area contributed by atoms with Gasteiger partial charge in [-0.3, -0.25) is 14.4 Å². The largest absolute Gasteiger partial charge is 0.481 e. The minimum atomic E-state index is -0.924. The molecule has 0 spiro atoms. The molecule has 1 aromatic rings. The van der Waals surface area contributed by atoms with Crippen molar-refractivity contribution in [3.05, 3.63) is 35.1 Å². The third-order valence-electron chi connectivity index (χ3n) is 4.67. The number of nitrogens with one attached hydrogen (secondary N) is 2. The second-order valence-corrected chi connectivity index (χ2v) is 6.57. The van der Waals surface area contributed by atoms with Crippen LogP contribution in [0.25, 0.3) is 0 Å². The number of hydrogen-bond donors (Lipinski definition) is 3. The lowest BCUT2D eigenvalue weighted by atomic mass is 9.86. The molecule has 6 nitrogen and oxygen atoms in total. The molecule has 1 aromatic carbocycles. The van der Waals surface area contributed by atoms with E-state index in [9.17, 15) is 18.8 Å². The minimum Gasteiger partial charge on any atom is -0.481 e. The number of carbonyl (C=O) groups excluding carboxylic acids is 2. The summed E-state index contributed by atoms with van der Waals surface area (Å²) in [6, 6.07) is 4.42. The first-order valence-corrected chi connectivity index (χ1v) is 8.34. The SMILES string of the molecule is Cc1ccc(F)cc1CNC(=O)CCC1(CCC(=O)O)CCC(=O)N1. The quantitative estimate of drug-likeness (QED) is 0.669. The van der Waals surface area contributed by atoms with Crippen LogP contribution in [0.3, 0.4) is 0 Å². The zero-order chi connectivity index (χ0) is 18.4. The molecule has 3 N–H and O–H groups in total. The third kappa shape index (κ3) is 5.55. The number of carboxylic acid groups (broad SMARTS) is 1. The highest BCUT2D eigenvalue weighted by molar-refractivity contribution is 5.80. The number of rotatable bonds is 8. The highest BCUT2D eigenvalue weighted by atomic mass is 19.1. The minimum absolute atomic E-state index is 0.0512. The molecule has 1 heterocycles. The molecule has 1 aliphatic heterocycles. The molecule has 2 amide bonds. The maximum atomic E-state index is 13.3. The van der Waals surface area contributed by atoms with Crippen molar-refractivity contribution in [3.8, 4) is 0 Å². The summed E-state index contributed by atoms with van der Waals surface area (Å²) in [5, 5.41) is 14.5. The first-order valence-electron chi connectivity index (χ1n) is 8.34.